The molecule has 0 bridgehead atoms. The molecule has 0 aliphatic carbocycles. The van der Waals surface area contributed by atoms with Gasteiger partial charge in [0.2, 0.25) is 0 Å². The first kappa shape index (κ1) is 17.7. The molecule has 0 aromatic heterocycles. The Bertz CT molecular complexity index is 168. The highest BCUT2D eigenvalue weighted by Gasteiger charge is 2.03. The van der Waals surface area contributed by atoms with Gasteiger partial charge in [-0.1, -0.05) is 70.9 Å². The number of aliphatic hydroxyl groups is 1. The van der Waals surface area contributed by atoms with E-state index in [-0.39, 0.29) is 0 Å². The molecule has 18 heavy (non-hydrogen) atoms. The number of hydrogen-bond acceptors (Lipinski definition) is 1. The van der Waals surface area contributed by atoms with E-state index >= 15 is 0 Å². The van der Waals surface area contributed by atoms with Crippen LogP contribution >= 0.6 is 0 Å². The topological polar surface area (TPSA) is 20.2 Å². The highest BCUT2D eigenvalue weighted by molar-refractivity contribution is 4.84. The van der Waals surface area contributed by atoms with Gasteiger partial charge >= 0.3 is 0 Å². The Balaban J connectivity index is 3.39. The van der Waals surface area contributed by atoms with E-state index in [0.717, 1.165) is 12.8 Å². The molecule has 0 saturated carbocycles. The molecule has 1 nitrogen and oxygen atoms in total. The molecule has 0 fully saturated rings. The van der Waals surface area contributed by atoms with Crippen LogP contribution in [0.15, 0.2) is 12.2 Å². The Labute approximate surface area is 115 Å². The highest BCUT2D eigenvalue weighted by Crippen LogP contribution is 2.16. The van der Waals surface area contributed by atoms with Crippen molar-refractivity contribution in [1.29, 1.82) is 0 Å². The molecular formula is C17H34O. The summed E-state index contributed by atoms with van der Waals surface area (Å²) in [6.07, 6.45) is 18.8. The minimum absolute atomic E-state index is 0.343. The highest BCUT2D eigenvalue weighted by atomic mass is 16.3. The fourth-order valence-electron chi connectivity index (χ4n) is 2.42. The molecule has 0 aromatic carbocycles. The van der Waals surface area contributed by atoms with E-state index in [9.17, 15) is 0 Å². The SMILES string of the molecule is CCCCCCCCC=CCC(CCC)CCO. The standard InChI is InChI=1S/C17H34O/c1-3-5-6-7-8-9-10-11-12-14-17(13-4-2)15-16-18/h11-12,17-18H,3-10,13-16H2,1-2H3. The Kier molecular flexibility index (Phi) is 14.5. The quantitative estimate of drug-likeness (QED) is 0.341. The predicted molar refractivity (Wildman–Crippen MR) is 81.9 cm³/mol. The lowest BCUT2D eigenvalue weighted by Crippen LogP contribution is -2.01. The van der Waals surface area contributed by atoms with Gasteiger partial charge in [-0.25, -0.2) is 0 Å². The van der Waals surface area contributed by atoms with Gasteiger partial charge in [0.25, 0.3) is 0 Å². The Morgan fingerprint density at radius 1 is 0.833 bits per heavy atom. The second-order valence-electron chi connectivity index (χ2n) is 5.43. The summed E-state index contributed by atoms with van der Waals surface area (Å²) >= 11 is 0. The van der Waals surface area contributed by atoms with Crippen molar-refractivity contribution in [2.45, 2.75) is 84.5 Å². The zero-order valence-electron chi connectivity index (χ0n) is 12.7. The van der Waals surface area contributed by atoms with Gasteiger partial charge in [-0.3, -0.25) is 0 Å². The van der Waals surface area contributed by atoms with E-state index < -0.39 is 0 Å². The maximum atomic E-state index is 8.98. The minimum atomic E-state index is 0.343. The molecule has 1 N–H and O–H groups in total. The molecule has 0 saturated heterocycles. The fourth-order valence-corrected chi connectivity index (χ4v) is 2.42. The van der Waals surface area contributed by atoms with Crippen LogP contribution in [0.25, 0.3) is 0 Å². The van der Waals surface area contributed by atoms with E-state index in [1.807, 2.05) is 0 Å². The fraction of sp³-hybridized carbons (Fsp3) is 0.882. The second-order valence-corrected chi connectivity index (χ2v) is 5.43. The lowest BCUT2D eigenvalue weighted by Gasteiger charge is -2.11. The normalized spacial score (nSPS) is 13.3. The van der Waals surface area contributed by atoms with Gasteiger partial charge in [-0.2, -0.15) is 0 Å². The van der Waals surface area contributed by atoms with Crippen LogP contribution in [0.2, 0.25) is 0 Å². The smallest absolute Gasteiger partial charge is 0.0433 e. The Morgan fingerprint density at radius 3 is 2.22 bits per heavy atom. The largest absolute Gasteiger partial charge is 0.396 e. The van der Waals surface area contributed by atoms with Crippen LogP contribution in [0.3, 0.4) is 0 Å². The van der Waals surface area contributed by atoms with Gasteiger partial charge < -0.3 is 5.11 Å². The van der Waals surface area contributed by atoms with Crippen molar-refractivity contribution in [2.75, 3.05) is 6.61 Å². The van der Waals surface area contributed by atoms with Gasteiger partial charge in [0.05, 0.1) is 0 Å². The first-order valence-electron chi connectivity index (χ1n) is 8.11. The van der Waals surface area contributed by atoms with Crippen LogP contribution in [0, 0.1) is 5.92 Å². The number of allylic oxidation sites excluding steroid dienone is 2. The van der Waals surface area contributed by atoms with Crippen molar-refractivity contribution in [2.24, 2.45) is 5.92 Å². The van der Waals surface area contributed by atoms with Gasteiger partial charge in [0.15, 0.2) is 0 Å². The van der Waals surface area contributed by atoms with Crippen molar-refractivity contribution in [3.8, 4) is 0 Å². The van der Waals surface area contributed by atoms with Gasteiger partial charge in [0, 0.05) is 6.61 Å². The molecule has 0 heterocycles. The molecular weight excluding hydrogens is 220 g/mol. The molecule has 0 amide bonds. The van der Waals surface area contributed by atoms with E-state index in [2.05, 4.69) is 26.0 Å². The van der Waals surface area contributed by atoms with Crippen molar-refractivity contribution >= 4 is 0 Å². The molecule has 108 valence electrons. The second kappa shape index (κ2) is 14.8. The summed E-state index contributed by atoms with van der Waals surface area (Å²) in [7, 11) is 0. The van der Waals surface area contributed by atoms with Crippen molar-refractivity contribution in [3.05, 3.63) is 12.2 Å². The third kappa shape index (κ3) is 12.2. The van der Waals surface area contributed by atoms with E-state index in [4.69, 9.17) is 5.11 Å². The molecule has 0 aromatic rings. The number of hydrogen-bond donors (Lipinski definition) is 1. The molecule has 0 aliphatic rings. The summed E-state index contributed by atoms with van der Waals surface area (Å²) in [5.41, 5.74) is 0. The van der Waals surface area contributed by atoms with Crippen LogP contribution < -0.4 is 0 Å². The van der Waals surface area contributed by atoms with Crippen LogP contribution in [0.4, 0.5) is 0 Å². The zero-order chi connectivity index (χ0) is 13.5. The van der Waals surface area contributed by atoms with Crippen molar-refractivity contribution < 1.29 is 5.11 Å². The molecule has 1 atom stereocenters. The monoisotopic (exact) mass is 254 g/mol. The van der Waals surface area contributed by atoms with Gasteiger partial charge in [0.1, 0.15) is 0 Å². The molecule has 0 rings (SSSR count). The number of rotatable bonds is 13. The van der Waals surface area contributed by atoms with E-state index in [1.54, 1.807) is 0 Å². The third-order valence-electron chi connectivity index (χ3n) is 3.59. The first-order valence-corrected chi connectivity index (χ1v) is 8.11. The van der Waals surface area contributed by atoms with Crippen LogP contribution in [0.5, 0.6) is 0 Å². The summed E-state index contributed by atoms with van der Waals surface area (Å²) < 4.78 is 0. The minimum Gasteiger partial charge on any atom is -0.396 e. The average Bonchev–Trinajstić information content (AvgIpc) is 2.37. The number of unbranched alkanes of at least 4 members (excludes halogenated alkanes) is 6. The zero-order valence-corrected chi connectivity index (χ0v) is 12.7. The summed E-state index contributed by atoms with van der Waals surface area (Å²) in [6.45, 7) is 4.84. The van der Waals surface area contributed by atoms with Crippen molar-refractivity contribution in [1.82, 2.24) is 0 Å². The van der Waals surface area contributed by atoms with Gasteiger partial charge in [-0.15, -0.1) is 0 Å². The summed E-state index contributed by atoms with van der Waals surface area (Å²) in [6, 6.07) is 0. The summed E-state index contributed by atoms with van der Waals surface area (Å²) in [5.74, 6) is 0.695. The maximum absolute atomic E-state index is 8.98. The van der Waals surface area contributed by atoms with Crippen LogP contribution in [-0.4, -0.2) is 11.7 Å². The van der Waals surface area contributed by atoms with Gasteiger partial charge in [-0.05, 0) is 31.6 Å². The molecule has 0 spiro atoms. The average molecular weight is 254 g/mol. The lowest BCUT2D eigenvalue weighted by molar-refractivity contribution is 0.252. The summed E-state index contributed by atoms with van der Waals surface area (Å²) in [4.78, 5) is 0. The van der Waals surface area contributed by atoms with Crippen LogP contribution in [0.1, 0.15) is 84.5 Å². The third-order valence-corrected chi connectivity index (χ3v) is 3.59. The first-order chi connectivity index (χ1) is 8.85. The van der Waals surface area contributed by atoms with E-state index in [1.165, 1.54) is 57.8 Å². The lowest BCUT2D eigenvalue weighted by atomic mass is 9.96. The Hall–Kier alpha value is -0.300. The maximum Gasteiger partial charge on any atom is 0.0433 e. The van der Waals surface area contributed by atoms with E-state index in [0.29, 0.717) is 12.5 Å². The molecule has 0 aliphatic heterocycles. The molecule has 1 unspecified atom stereocenters. The predicted octanol–water partition coefficient (Wildman–Crippen LogP) is 5.48. The number of aliphatic hydroxyl groups excluding tert-OH is 1. The summed E-state index contributed by atoms with van der Waals surface area (Å²) in [5, 5.41) is 8.98. The Morgan fingerprint density at radius 2 is 1.56 bits per heavy atom. The molecule has 0 radical (unpaired) electrons. The van der Waals surface area contributed by atoms with Crippen LogP contribution in [-0.2, 0) is 0 Å². The van der Waals surface area contributed by atoms with Crippen molar-refractivity contribution in [3.63, 3.8) is 0 Å². The molecule has 1 heteroatoms.